The summed E-state index contributed by atoms with van der Waals surface area (Å²) >= 11 is 0. The van der Waals surface area contributed by atoms with Gasteiger partial charge in [0.2, 0.25) is 5.91 Å². The van der Waals surface area contributed by atoms with E-state index in [1.165, 1.54) is 18.2 Å². The summed E-state index contributed by atoms with van der Waals surface area (Å²) in [6.07, 6.45) is 1.46. The molecular weight excluding hydrogens is 989 g/mol. The second-order valence-corrected chi connectivity index (χ2v) is 19.9. The van der Waals surface area contributed by atoms with Crippen molar-refractivity contribution < 1.29 is 34.0 Å². The van der Waals surface area contributed by atoms with Gasteiger partial charge in [0.1, 0.15) is 0 Å². The summed E-state index contributed by atoms with van der Waals surface area (Å²) in [6.45, 7) is 14.1. The second kappa shape index (κ2) is 26.2. The molecule has 8 rings (SSSR count). The lowest BCUT2D eigenvalue weighted by Gasteiger charge is -2.39. The molecular formula is C53H74N16O8. The number of nitrogens with one attached hydrogen (secondary N) is 4. The lowest BCUT2D eigenvalue weighted by molar-refractivity contribution is -0.385. The molecule has 414 valence electrons. The van der Waals surface area contributed by atoms with Crippen LogP contribution in [-0.2, 0) is 17.9 Å². The van der Waals surface area contributed by atoms with Gasteiger partial charge in [-0.15, -0.1) is 0 Å². The topological polar surface area (TPSA) is 325 Å². The van der Waals surface area contributed by atoms with E-state index in [4.69, 9.17) is 33.1 Å². The van der Waals surface area contributed by atoms with E-state index < -0.39 is 10.9 Å². The van der Waals surface area contributed by atoms with Crippen LogP contribution >= 0.6 is 0 Å². The molecule has 3 aromatic carbocycles. The minimum absolute atomic E-state index is 0. The lowest BCUT2D eigenvalue weighted by atomic mass is 9.95. The molecule has 9 N–H and O–H groups in total. The Morgan fingerprint density at radius 3 is 1.30 bits per heavy atom. The number of carbonyl (C=O) groups is 5. The van der Waals surface area contributed by atoms with Crippen molar-refractivity contribution in [2.45, 2.75) is 47.2 Å². The van der Waals surface area contributed by atoms with Crippen LogP contribution in [0, 0.1) is 37.7 Å². The summed E-state index contributed by atoms with van der Waals surface area (Å²) in [5, 5.41) is 51.9. The first-order valence-electron chi connectivity index (χ1n) is 25.6. The van der Waals surface area contributed by atoms with E-state index >= 15 is 0 Å². The van der Waals surface area contributed by atoms with Crippen LogP contribution in [0.4, 0.5) is 5.69 Å². The van der Waals surface area contributed by atoms with Crippen molar-refractivity contribution in [3.05, 3.63) is 110 Å². The number of nitrogens with zero attached hydrogens (tertiary/aromatic N) is 10. The first kappa shape index (κ1) is 58.3. The molecule has 0 radical (unpaired) electrons. The second-order valence-electron chi connectivity index (χ2n) is 19.9. The number of carboxylic acids is 1. The van der Waals surface area contributed by atoms with Crippen LogP contribution in [0.25, 0.3) is 0 Å². The van der Waals surface area contributed by atoms with Crippen LogP contribution in [0.1, 0.15) is 92.2 Å². The number of nitro groups is 1. The number of amides is 4. The molecule has 0 spiro atoms. The molecule has 5 heterocycles. The molecule has 5 saturated heterocycles. The number of carboxylic acid groups (broad SMARTS) is 1. The third-order valence-electron chi connectivity index (χ3n) is 14.8. The molecule has 0 saturated carbocycles. The molecule has 0 aromatic heterocycles. The Morgan fingerprint density at radius 2 is 0.896 bits per heavy atom. The molecule has 24 nitrogen and oxygen atoms in total. The monoisotopic (exact) mass is 1060 g/mol. The Bertz CT molecular complexity index is 2700. The fourth-order valence-electron chi connectivity index (χ4n) is 10.2. The molecule has 0 aliphatic carbocycles. The number of nitrogens with two attached hydrogens (primary N) is 2. The smallest absolute Gasteiger partial charge is 0.335 e. The van der Waals surface area contributed by atoms with Crippen molar-refractivity contribution in [3.63, 3.8) is 0 Å². The summed E-state index contributed by atoms with van der Waals surface area (Å²) in [5.41, 5.74) is 14.8. The number of rotatable bonds is 11. The number of piperidine rings is 1. The van der Waals surface area contributed by atoms with Crippen molar-refractivity contribution in [2.24, 2.45) is 17.4 Å². The normalized spacial score (nSPS) is 17.6. The van der Waals surface area contributed by atoms with E-state index in [0.717, 1.165) is 24.0 Å². The van der Waals surface area contributed by atoms with Gasteiger partial charge in [0, 0.05) is 171 Å². The largest absolute Gasteiger partial charge is 0.478 e. The molecule has 77 heavy (non-hydrogen) atoms. The zero-order valence-corrected chi connectivity index (χ0v) is 43.3. The van der Waals surface area contributed by atoms with Crippen LogP contribution in [0.2, 0.25) is 0 Å². The Labute approximate surface area is 449 Å². The van der Waals surface area contributed by atoms with Crippen molar-refractivity contribution in [2.75, 3.05) is 118 Å². The molecule has 0 unspecified atom stereocenters. The van der Waals surface area contributed by atoms with E-state index in [1.54, 1.807) is 80.8 Å². The number of guanidine groups is 2. The quantitative estimate of drug-likeness (QED) is 0.0628. The number of piperazine rings is 4. The van der Waals surface area contributed by atoms with Crippen LogP contribution < -0.4 is 11.5 Å². The zero-order chi connectivity index (χ0) is 54.8. The van der Waals surface area contributed by atoms with E-state index in [1.807, 2.05) is 9.80 Å². The molecule has 3 aromatic rings. The number of amidine groups is 1. The van der Waals surface area contributed by atoms with Crippen LogP contribution in [0.5, 0.6) is 0 Å². The zero-order valence-electron chi connectivity index (χ0n) is 43.3. The fourth-order valence-corrected chi connectivity index (χ4v) is 10.2. The SMILES string of the molecule is C.CC(=N)N1CCC(C(=O)N2CCN(C(=O)c3cc(CN4CCN(C(=N)N)CC4)cc([N+](=O)[O-])c3)CC2)CC1.CC(=N)c1ccc(C(=O)N2CCN(C(=O)c3cc(CN4CCN(C(=N)N)CC4)cc(C(=O)O)c3)CC2)cc1. The molecule has 5 fully saturated rings. The van der Waals surface area contributed by atoms with Gasteiger partial charge in [0.15, 0.2) is 11.9 Å². The lowest BCUT2D eigenvalue weighted by Crippen LogP contribution is -2.53. The number of hydrogen-bond acceptors (Lipinski definition) is 13. The number of nitro benzene ring substituents is 1. The maximum atomic E-state index is 13.3. The van der Waals surface area contributed by atoms with Gasteiger partial charge in [-0.1, -0.05) is 19.6 Å². The fraction of sp³-hybridized carbons (Fsp3) is 0.491. The number of likely N-dealkylation sites (tertiary alicyclic amines) is 1. The van der Waals surface area contributed by atoms with Gasteiger partial charge in [-0.05, 0) is 79.8 Å². The number of hydrogen-bond donors (Lipinski definition) is 7. The minimum atomic E-state index is -1.10. The Balaban J connectivity index is 0.000000246. The van der Waals surface area contributed by atoms with Gasteiger partial charge in [0.05, 0.1) is 16.3 Å². The van der Waals surface area contributed by atoms with Crippen molar-refractivity contribution in [1.82, 2.24) is 44.1 Å². The predicted molar refractivity (Wildman–Crippen MR) is 292 cm³/mol. The van der Waals surface area contributed by atoms with Crippen LogP contribution in [0.3, 0.4) is 0 Å². The van der Waals surface area contributed by atoms with Gasteiger partial charge < -0.3 is 56.3 Å². The third kappa shape index (κ3) is 15.1. The number of aromatic carboxylic acids is 1. The predicted octanol–water partition coefficient (Wildman–Crippen LogP) is 2.62. The first-order chi connectivity index (χ1) is 36.2. The van der Waals surface area contributed by atoms with Crippen LogP contribution in [-0.4, -0.2) is 225 Å². The number of carbonyl (C=O) groups excluding carboxylic acids is 4. The average molecular weight is 1060 g/mol. The van der Waals surface area contributed by atoms with Gasteiger partial charge in [0.25, 0.3) is 23.4 Å². The minimum Gasteiger partial charge on any atom is -0.478 e. The molecule has 0 bridgehead atoms. The molecule has 5 aliphatic rings. The van der Waals surface area contributed by atoms with Crippen molar-refractivity contribution in [3.8, 4) is 0 Å². The highest BCUT2D eigenvalue weighted by atomic mass is 16.6. The summed E-state index contributed by atoms with van der Waals surface area (Å²) in [4.78, 5) is 92.2. The van der Waals surface area contributed by atoms with E-state index in [0.29, 0.717) is 159 Å². The summed E-state index contributed by atoms with van der Waals surface area (Å²) in [5.74, 6) is -1.06. The Hall–Kier alpha value is -7.99. The number of benzene rings is 3. The highest BCUT2D eigenvalue weighted by Gasteiger charge is 2.33. The first-order valence-corrected chi connectivity index (χ1v) is 25.6. The molecule has 5 aliphatic heterocycles. The number of non-ortho nitro benzene ring substituents is 1. The van der Waals surface area contributed by atoms with E-state index in [-0.39, 0.29) is 65.7 Å². The van der Waals surface area contributed by atoms with Gasteiger partial charge in [-0.3, -0.25) is 55.3 Å². The molecule has 24 heteroatoms. The maximum Gasteiger partial charge on any atom is 0.335 e. The average Bonchev–Trinajstić information content (AvgIpc) is 3.42. The van der Waals surface area contributed by atoms with Gasteiger partial charge >= 0.3 is 5.97 Å². The third-order valence-corrected chi connectivity index (χ3v) is 14.8. The van der Waals surface area contributed by atoms with Gasteiger partial charge in [-0.25, -0.2) is 4.79 Å². The standard InChI is InChI=1S/C27H33N7O4.C25H37N9O4.CH4/c1-18(28)20-2-4-21(5-3-20)24(35)32-10-12-33(13-11-32)25(36)22-14-19(15-23(16-22)26(37)38)17-31-6-8-34(9-7-31)27(29)30;1-18(26)30-4-2-20(3-5-30)23(35)31-10-12-32(13-11-31)24(36)21-14-19(15-22(16-21)34(37)38)17-29-6-8-33(9-7-29)25(27)28;/h2-5,14-16,28H,6-13,17H2,1H3,(H3,29,30)(H,37,38);14-16,20,26H,2-13,17H2,1H3,(H3,27,28);1H4. The highest BCUT2D eigenvalue weighted by Crippen LogP contribution is 2.25. The van der Waals surface area contributed by atoms with Crippen molar-refractivity contribution in [1.29, 1.82) is 21.6 Å². The maximum absolute atomic E-state index is 13.3. The Morgan fingerprint density at radius 1 is 0.519 bits per heavy atom. The van der Waals surface area contributed by atoms with E-state index in [9.17, 15) is 39.2 Å². The summed E-state index contributed by atoms with van der Waals surface area (Å²) in [6, 6.07) is 16.3. The summed E-state index contributed by atoms with van der Waals surface area (Å²) < 4.78 is 0. The Kier molecular flexibility index (Phi) is 19.8. The van der Waals surface area contributed by atoms with Crippen molar-refractivity contribution >= 4 is 58.8 Å². The molecule has 0 atom stereocenters. The summed E-state index contributed by atoms with van der Waals surface area (Å²) in [7, 11) is 0. The molecule has 4 amide bonds. The highest BCUT2D eigenvalue weighted by molar-refractivity contribution is 6.00. The van der Waals surface area contributed by atoms with E-state index in [2.05, 4.69) is 9.80 Å². The van der Waals surface area contributed by atoms with Crippen LogP contribution in [0.15, 0.2) is 60.7 Å². The van der Waals surface area contributed by atoms with Gasteiger partial charge in [-0.2, -0.15) is 0 Å².